The Morgan fingerprint density at radius 3 is 2.14 bits per heavy atom. The number of hydrogen-bond donors (Lipinski definition) is 0. The SMILES string of the molecule is c1ccc2c(C3CCCc4ccc5c(ccc6ccccc65)c43)cccc2c1. The number of rotatable bonds is 1. The van der Waals surface area contributed by atoms with E-state index in [0.29, 0.717) is 5.92 Å². The van der Waals surface area contributed by atoms with Crippen LogP contribution in [0.5, 0.6) is 0 Å². The van der Waals surface area contributed by atoms with Gasteiger partial charge in [0.1, 0.15) is 0 Å². The number of benzene rings is 5. The summed E-state index contributed by atoms with van der Waals surface area (Å²) in [6.07, 6.45) is 3.69. The van der Waals surface area contributed by atoms with E-state index in [1.54, 1.807) is 5.56 Å². The molecule has 0 heterocycles. The number of aryl methyl sites for hydroxylation is 1. The van der Waals surface area contributed by atoms with Crippen LogP contribution in [0.1, 0.15) is 35.4 Å². The van der Waals surface area contributed by atoms with Crippen LogP contribution in [-0.2, 0) is 6.42 Å². The predicted octanol–water partition coefficient (Wildman–Crippen LogP) is 7.61. The maximum atomic E-state index is 2.39. The van der Waals surface area contributed by atoms with Crippen LogP contribution in [-0.4, -0.2) is 0 Å². The minimum Gasteiger partial charge on any atom is -0.0616 e. The van der Waals surface area contributed by atoms with Gasteiger partial charge in [-0.25, -0.2) is 0 Å². The molecule has 0 fully saturated rings. The van der Waals surface area contributed by atoms with Crippen molar-refractivity contribution in [3.63, 3.8) is 0 Å². The summed E-state index contributed by atoms with van der Waals surface area (Å²) in [5.41, 5.74) is 4.58. The highest BCUT2D eigenvalue weighted by atomic mass is 14.3. The lowest BCUT2D eigenvalue weighted by Gasteiger charge is -2.29. The van der Waals surface area contributed by atoms with Gasteiger partial charge in [-0.15, -0.1) is 0 Å². The first-order chi connectivity index (χ1) is 13.9. The Labute approximate surface area is 165 Å². The standard InChI is InChI=1S/C28H22/c1-3-11-22-19(7-1)9-5-13-24(22)26-14-6-10-21-16-17-25-23-12-4-2-8-20(23)15-18-27(25)28(21)26/h1-5,7-9,11-13,15-18,26H,6,10,14H2. The molecule has 5 aromatic rings. The third kappa shape index (κ3) is 2.31. The van der Waals surface area contributed by atoms with E-state index in [9.17, 15) is 0 Å². The topological polar surface area (TPSA) is 0 Å². The van der Waals surface area contributed by atoms with Gasteiger partial charge < -0.3 is 0 Å². The van der Waals surface area contributed by atoms with E-state index >= 15 is 0 Å². The lowest BCUT2D eigenvalue weighted by atomic mass is 9.75. The Hall–Kier alpha value is -3.12. The zero-order chi connectivity index (χ0) is 18.5. The van der Waals surface area contributed by atoms with Crippen LogP contribution >= 0.6 is 0 Å². The molecule has 0 nitrogen and oxygen atoms in total. The summed E-state index contributed by atoms with van der Waals surface area (Å²) in [6, 6.07) is 33.8. The van der Waals surface area contributed by atoms with E-state index in [1.807, 2.05) is 0 Å². The van der Waals surface area contributed by atoms with Crippen molar-refractivity contribution in [1.82, 2.24) is 0 Å². The van der Waals surface area contributed by atoms with Crippen LogP contribution in [0.25, 0.3) is 32.3 Å². The van der Waals surface area contributed by atoms with Gasteiger partial charge in [0.25, 0.3) is 0 Å². The van der Waals surface area contributed by atoms with Crippen molar-refractivity contribution in [2.24, 2.45) is 0 Å². The fraction of sp³-hybridized carbons (Fsp3) is 0.143. The van der Waals surface area contributed by atoms with Gasteiger partial charge in [0, 0.05) is 5.92 Å². The number of hydrogen-bond acceptors (Lipinski definition) is 0. The third-order valence-corrected chi connectivity index (χ3v) is 6.54. The minimum absolute atomic E-state index is 0.472. The van der Waals surface area contributed by atoms with Crippen molar-refractivity contribution in [3.05, 3.63) is 108 Å². The van der Waals surface area contributed by atoms with E-state index in [-0.39, 0.29) is 0 Å². The Morgan fingerprint density at radius 2 is 1.25 bits per heavy atom. The Kier molecular flexibility index (Phi) is 3.52. The molecule has 28 heavy (non-hydrogen) atoms. The third-order valence-electron chi connectivity index (χ3n) is 6.54. The molecule has 0 aromatic heterocycles. The first-order valence-electron chi connectivity index (χ1n) is 10.3. The van der Waals surface area contributed by atoms with Crippen molar-refractivity contribution in [1.29, 1.82) is 0 Å². The van der Waals surface area contributed by atoms with E-state index in [4.69, 9.17) is 0 Å². The van der Waals surface area contributed by atoms with Crippen LogP contribution in [0.4, 0.5) is 0 Å². The van der Waals surface area contributed by atoms with Gasteiger partial charge >= 0.3 is 0 Å². The molecule has 134 valence electrons. The molecule has 6 rings (SSSR count). The molecule has 0 bridgehead atoms. The molecule has 0 spiro atoms. The molecule has 0 saturated carbocycles. The molecule has 1 unspecified atom stereocenters. The predicted molar refractivity (Wildman–Crippen MR) is 120 cm³/mol. The summed E-state index contributed by atoms with van der Waals surface area (Å²) in [6.45, 7) is 0. The van der Waals surface area contributed by atoms with Crippen molar-refractivity contribution in [2.45, 2.75) is 25.2 Å². The van der Waals surface area contributed by atoms with Gasteiger partial charge in [-0.3, -0.25) is 0 Å². The molecule has 1 atom stereocenters. The monoisotopic (exact) mass is 358 g/mol. The van der Waals surface area contributed by atoms with E-state index in [1.165, 1.54) is 62.7 Å². The Morgan fingerprint density at radius 1 is 0.536 bits per heavy atom. The quantitative estimate of drug-likeness (QED) is 0.270. The molecule has 0 saturated heterocycles. The lowest BCUT2D eigenvalue weighted by molar-refractivity contribution is 0.623. The zero-order valence-corrected chi connectivity index (χ0v) is 15.9. The highest BCUT2D eigenvalue weighted by Crippen LogP contribution is 2.44. The molecule has 0 heteroatoms. The largest absolute Gasteiger partial charge is 0.0616 e. The molecule has 0 amide bonds. The van der Waals surface area contributed by atoms with Crippen molar-refractivity contribution >= 4 is 32.3 Å². The summed E-state index contributed by atoms with van der Waals surface area (Å²) in [5, 5.41) is 8.27. The molecule has 0 radical (unpaired) electrons. The Balaban J connectivity index is 1.68. The van der Waals surface area contributed by atoms with Crippen LogP contribution in [0.15, 0.2) is 91.0 Å². The van der Waals surface area contributed by atoms with Crippen LogP contribution in [0.3, 0.4) is 0 Å². The van der Waals surface area contributed by atoms with Gasteiger partial charge in [0.05, 0.1) is 0 Å². The molecule has 0 aliphatic heterocycles. The van der Waals surface area contributed by atoms with Gasteiger partial charge in [-0.05, 0) is 68.3 Å². The minimum atomic E-state index is 0.472. The average molecular weight is 358 g/mol. The van der Waals surface area contributed by atoms with Crippen molar-refractivity contribution in [3.8, 4) is 0 Å². The van der Waals surface area contributed by atoms with Gasteiger partial charge in [0.2, 0.25) is 0 Å². The highest BCUT2D eigenvalue weighted by Gasteiger charge is 2.25. The van der Waals surface area contributed by atoms with Gasteiger partial charge in [-0.1, -0.05) is 91.0 Å². The van der Waals surface area contributed by atoms with Crippen molar-refractivity contribution < 1.29 is 0 Å². The fourth-order valence-electron chi connectivity index (χ4n) is 5.29. The van der Waals surface area contributed by atoms with Crippen LogP contribution in [0.2, 0.25) is 0 Å². The van der Waals surface area contributed by atoms with Crippen LogP contribution in [0, 0.1) is 0 Å². The number of fused-ring (bicyclic) bond motifs is 6. The first kappa shape index (κ1) is 15.9. The normalized spacial score (nSPS) is 16.5. The summed E-state index contributed by atoms with van der Waals surface area (Å²) < 4.78 is 0. The summed E-state index contributed by atoms with van der Waals surface area (Å²) >= 11 is 0. The molecule has 0 N–H and O–H groups in total. The maximum absolute atomic E-state index is 2.39. The molecule has 1 aliphatic carbocycles. The summed E-state index contributed by atoms with van der Waals surface area (Å²) in [4.78, 5) is 0. The van der Waals surface area contributed by atoms with Crippen molar-refractivity contribution in [2.75, 3.05) is 0 Å². The molecular weight excluding hydrogens is 336 g/mol. The Bertz CT molecular complexity index is 1340. The zero-order valence-electron chi connectivity index (χ0n) is 15.9. The molecule has 5 aromatic carbocycles. The average Bonchev–Trinajstić information content (AvgIpc) is 2.78. The van der Waals surface area contributed by atoms with Gasteiger partial charge in [0.15, 0.2) is 0 Å². The second-order valence-electron chi connectivity index (χ2n) is 8.03. The van der Waals surface area contributed by atoms with E-state index < -0.39 is 0 Å². The van der Waals surface area contributed by atoms with Crippen LogP contribution < -0.4 is 0 Å². The summed E-state index contributed by atoms with van der Waals surface area (Å²) in [7, 11) is 0. The van der Waals surface area contributed by atoms with E-state index in [0.717, 1.165) is 0 Å². The second kappa shape index (κ2) is 6.21. The molecular formula is C28H22. The first-order valence-corrected chi connectivity index (χ1v) is 10.3. The summed E-state index contributed by atoms with van der Waals surface area (Å²) in [5.74, 6) is 0.472. The smallest absolute Gasteiger partial charge is 0.0104 e. The second-order valence-corrected chi connectivity index (χ2v) is 8.03. The van der Waals surface area contributed by atoms with E-state index in [2.05, 4.69) is 91.0 Å². The highest BCUT2D eigenvalue weighted by molar-refractivity contribution is 6.09. The van der Waals surface area contributed by atoms with Gasteiger partial charge in [-0.2, -0.15) is 0 Å². The lowest BCUT2D eigenvalue weighted by Crippen LogP contribution is -2.12. The fourth-order valence-corrected chi connectivity index (χ4v) is 5.29. The maximum Gasteiger partial charge on any atom is 0.0104 e. The molecule has 1 aliphatic rings.